The molecule has 120 valence electrons. The molecule has 1 N–H and O–H groups in total. The first-order valence-corrected chi connectivity index (χ1v) is 7.71. The van der Waals surface area contributed by atoms with Gasteiger partial charge in [0.2, 0.25) is 11.9 Å². The summed E-state index contributed by atoms with van der Waals surface area (Å²) in [5.74, 6) is 0.540. The van der Waals surface area contributed by atoms with Gasteiger partial charge in [0.25, 0.3) is 0 Å². The van der Waals surface area contributed by atoms with Gasteiger partial charge in [-0.3, -0.25) is 4.79 Å². The zero-order valence-corrected chi connectivity index (χ0v) is 12.5. The van der Waals surface area contributed by atoms with Crippen LogP contribution in [0.5, 0.6) is 0 Å². The van der Waals surface area contributed by atoms with Crippen LogP contribution in [0.25, 0.3) is 0 Å². The van der Waals surface area contributed by atoms with Gasteiger partial charge in [0.05, 0.1) is 37.5 Å². The van der Waals surface area contributed by atoms with Crippen LogP contribution in [0.3, 0.4) is 0 Å². The molecular formula is C15H17FN6O. The van der Waals surface area contributed by atoms with Crippen LogP contribution in [-0.2, 0) is 11.3 Å². The summed E-state index contributed by atoms with van der Waals surface area (Å²) >= 11 is 0. The summed E-state index contributed by atoms with van der Waals surface area (Å²) in [7, 11) is 0. The van der Waals surface area contributed by atoms with E-state index in [1.165, 1.54) is 12.8 Å². The zero-order chi connectivity index (χ0) is 15.8. The molecule has 0 radical (unpaired) electrons. The van der Waals surface area contributed by atoms with Crippen molar-refractivity contribution in [1.82, 2.24) is 24.8 Å². The topological polar surface area (TPSA) is 75.9 Å². The number of carbonyl (C=O) groups excluding carboxylic acids is 1. The Labute approximate surface area is 132 Å². The van der Waals surface area contributed by atoms with Crippen molar-refractivity contribution in [1.29, 1.82) is 0 Å². The minimum Gasteiger partial charge on any atom is -0.354 e. The van der Waals surface area contributed by atoms with E-state index in [-0.39, 0.29) is 11.9 Å². The fraction of sp³-hybridized carbons (Fsp3) is 0.467. The van der Waals surface area contributed by atoms with Crippen LogP contribution >= 0.6 is 0 Å². The summed E-state index contributed by atoms with van der Waals surface area (Å²) in [5, 5.41) is 3.01. The molecule has 0 spiro atoms. The molecule has 1 amide bonds. The first-order chi connectivity index (χ1) is 11.2. The monoisotopic (exact) mass is 316 g/mol. The van der Waals surface area contributed by atoms with Crippen molar-refractivity contribution in [2.45, 2.75) is 25.4 Å². The van der Waals surface area contributed by atoms with Gasteiger partial charge in [-0.2, -0.15) is 0 Å². The molecule has 2 aromatic heterocycles. The molecule has 0 saturated heterocycles. The van der Waals surface area contributed by atoms with Crippen LogP contribution in [0, 0.1) is 11.7 Å². The summed E-state index contributed by atoms with van der Waals surface area (Å²) in [5.41, 5.74) is 0.913. The zero-order valence-electron chi connectivity index (χ0n) is 12.5. The van der Waals surface area contributed by atoms with Crippen molar-refractivity contribution in [3.63, 3.8) is 0 Å². The average Bonchev–Trinajstić information content (AvgIpc) is 3.27. The maximum atomic E-state index is 13.0. The molecule has 0 bridgehead atoms. The average molecular weight is 316 g/mol. The highest BCUT2D eigenvalue weighted by Crippen LogP contribution is 2.28. The molecule has 0 unspecified atom stereocenters. The number of halogens is 1. The Morgan fingerprint density at radius 3 is 2.83 bits per heavy atom. The Balaban J connectivity index is 1.55. The highest BCUT2D eigenvalue weighted by atomic mass is 19.1. The number of fused-ring (bicyclic) bond motifs is 1. The molecule has 1 aliphatic heterocycles. The molecule has 8 heteroatoms. The van der Waals surface area contributed by atoms with Crippen molar-refractivity contribution in [3.05, 3.63) is 36.4 Å². The van der Waals surface area contributed by atoms with E-state index in [4.69, 9.17) is 0 Å². The summed E-state index contributed by atoms with van der Waals surface area (Å²) in [6.07, 6.45) is 8.07. The summed E-state index contributed by atoms with van der Waals surface area (Å²) in [4.78, 5) is 26.6. The quantitative estimate of drug-likeness (QED) is 0.907. The van der Waals surface area contributed by atoms with Gasteiger partial charge in [-0.15, -0.1) is 0 Å². The Hall–Kier alpha value is -2.51. The summed E-state index contributed by atoms with van der Waals surface area (Å²) in [6.45, 7) is 1.70. The summed E-state index contributed by atoms with van der Waals surface area (Å²) < 4.78 is 14.9. The molecular weight excluding hydrogens is 299 g/mol. The number of imidazole rings is 1. The molecule has 7 nitrogen and oxygen atoms in total. The van der Waals surface area contributed by atoms with E-state index in [1.807, 2.05) is 9.47 Å². The Kier molecular flexibility index (Phi) is 3.44. The normalized spacial score (nSPS) is 20.2. The number of carbonyl (C=O) groups is 1. The largest absolute Gasteiger partial charge is 0.354 e. The molecule has 3 heterocycles. The lowest BCUT2D eigenvalue weighted by Crippen LogP contribution is -2.45. The van der Waals surface area contributed by atoms with Crippen molar-refractivity contribution in [2.24, 2.45) is 5.92 Å². The third-order valence-corrected chi connectivity index (χ3v) is 4.28. The molecule has 1 fully saturated rings. The van der Waals surface area contributed by atoms with Crippen LogP contribution in [0.2, 0.25) is 0 Å². The number of nitrogens with zero attached hydrogens (tertiary/aromatic N) is 5. The standard InChI is InChI=1S/C15H17FN6O/c16-11-4-19-15(20-5-11)21-7-12-6-17-9-22(12)13(8-21)14(23)18-3-10-1-2-10/h4-6,9-10,13H,1-3,7-8H2,(H,18,23)/t13-/m1/s1. The fourth-order valence-corrected chi connectivity index (χ4v) is 2.81. The predicted molar refractivity (Wildman–Crippen MR) is 80.0 cm³/mol. The van der Waals surface area contributed by atoms with Crippen molar-refractivity contribution >= 4 is 11.9 Å². The van der Waals surface area contributed by atoms with Gasteiger partial charge >= 0.3 is 0 Å². The Morgan fingerprint density at radius 1 is 1.30 bits per heavy atom. The molecule has 1 atom stereocenters. The lowest BCUT2D eigenvalue weighted by Gasteiger charge is -2.33. The number of rotatable bonds is 4. The molecule has 2 aromatic rings. The number of nitrogens with one attached hydrogen (secondary N) is 1. The number of hydrogen-bond acceptors (Lipinski definition) is 5. The van der Waals surface area contributed by atoms with E-state index < -0.39 is 5.82 Å². The van der Waals surface area contributed by atoms with E-state index in [0.717, 1.165) is 24.6 Å². The highest BCUT2D eigenvalue weighted by Gasteiger charge is 2.32. The van der Waals surface area contributed by atoms with E-state index in [1.54, 1.807) is 12.5 Å². The third-order valence-electron chi connectivity index (χ3n) is 4.28. The van der Waals surface area contributed by atoms with Crippen LogP contribution in [-0.4, -0.2) is 38.5 Å². The minimum absolute atomic E-state index is 0.0250. The minimum atomic E-state index is -0.477. The Bertz CT molecular complexity index is 711. The number of hydrogen-bond donors (Lipinski definition) is 1. The number of amides is 1. The van der Waals surface area contributed by atoms with E-state index in [2.05, 4.69) is 20.3 Å². The number of aromatic nitrogens is 4. The maximum Gasteiger partial charge on any atom is 0.244 e. The van der Waals surface area contributed by atoms with Gasteiger partial charge in [-0.05, 0) is 18.8 Å². The lowest BCUT2D eigenvalue weighted by atomic mass is 10.1. The first kappa shape index (κ1) is 14.1. The second-order valence-corrected chi connectivity index (χ2v) is 6.08. The third kappa shape index (κ3) is 2.88. The van der Waals surface area contributed by atoms with Gasteiger partial charge in [-0.1, -0.05) is 0 Å². The molecule has 2 aliphatic rings. The van der Waals surface area contributed by atoms with Crippen LogP contribution < -0.4 is 10.2 Å². The molecule has 1 aliphatic carbocycles. The van der Waals surface area contributed by atoms with Crippen molar-refractivity contribution in [2.75, 3.05) is 18.0 Å². The van der Waals surface area contributed by atoms with Crippen molar-refractivity contribution < 1.29 is 9.18 Å². The molecule has 4 rings (SSSR count). The lowest BCUT2D eigenvalue weighted by molar-refractivity contribution is -0.124. The van der Waals surface area contributed by atoms with Crippen LogP contribution in [0.4, 0.5) is 10.3 Å². The van der Waals surface area contributed by atoms with E-state index in [0.29, 0.717) is 25.0 Å². The van der Waals surface area contributed by atoms with E-state index in [9.17, 15) is 9.18 Å². The second-order valence-electron chi connectivity index (χ2n) is 6.08. The van der Waals surface area contributed by atoms with Crippen LogP contribution in [0.1, 0.15) is 24.6 Å². The van der Waals surface area contributed by atoms with Gasteiger partial charge < -0.3 is 14.8 Å². The summed E-state index contributed by atoms with van der Waals surface area (Å²) in [6, 6.07) is -0.381. The predicted octanol–water partition coefficient (Wildman–Crippen LogP) is 0.900. The second kappa shape index (κ2) is 5.60. The SMILES string of the molecule is O=C(NCC1CC1)[C@H]1CN(c2ncc(F)cn2)Cc2cncn21. The first-order valence-electron chi connectivity index (χ1n) is 7.71. The Morgan fingerprint density at radius 2 is 2.09 bits per heavy atom. The van der Waals surface area contributed by atoms with Gasteiger partial charge in [0, 0.05) is 12.7 Å². The molecule has 0 aromatic carbocycles. The van der Waals surface area contributed by atoms with Gasteiger partial charge in [-0.25, -0.2) is 19.3 Å². The highest BCUT2D eigenvalue weighted by molar-refractivity contribution is 5.81. The number of anilines is 1. The van der Waals surface area contributed by atoms with Gasteiger partial charge in [0.15, 0.2) is 5.82 Å². The molecule has 23 heavy (non-hydrogen) atoms. The smallest absolute Gasteiger partial charge is 0.244 e. The van der Waals surface area contributed by atoms with Crippen LogP contribution in [0.15, 0.2) is 24.9 Å². The maximum absolute atomic E-state index is 13.0. The van der Waals surface area contributed by atoms with Gasteiger partial charge in [0.1, 0.15) is 6.04 Å². The fourth-order valence-electron chi connectivity index (χ4n) is 2.81. The van der Waals surface area contributed by atoms with E-state index >= 15 is 0 Å². The molecule has 1 saturated carbocycles. The van der Waals surface area contributed by atoms with Crippen molar-refractivity contribution in [3.8, 4) is 0 Å².